The molecule has 0 aliphatic heterocycles. The number of hydrogen-bond donors (Lipinski definition) is 0. The summed E-state index contributed by atoms with van der Waals surface area (Å²) in [6.45, 7) is 1.14. The van der Waals surface area contributed by atoms with Crippen LogP contribution in [0.25, 0.3) is 6.08 Å². The third-order valence-corrected chi connectivity index (χ3v) is 5.18. The van der Waals surface area contributed by atoms with Gasteiger partial charge in [0.15, 0.2) is 0 Å². The first-order valence-electron chi connectivity index (χ1n) is 9.19. The van der Waals surface area contributed by atoms with Crippen molar-refractivity contribution in [3.63, 3.8) is 0 Å². The molecule has 0 bridgehead atoms. The van der Waals surface area contributed by atoms with Crippen LogP contribution in [0.5, 0.6) is 5.75 Å². The van der Waals surface area contributed by atoms with Gasteiger partial charge < -0.3 is 9.64 Å². The van der Waals surface area contributed by atoms with Gasteiger partial charge in [0.05, 0.1) is 7.11 Å². The Hall–Kier alpha value is -1.77. The Balaban J connectivity index is 0.00000243. The average Bonchev–Trinajstić information content (AvgIpc) is 2.63. The van der Waals surface area contributed by atoms with E-state index in [9.17, 15) is 0 Å². The molecule has 3 rings (SSSR count). The van der Waals surface area contributed by atoms with E-state index in [0.29, 0.717) is 11.8 Å². The molecule has 3 heteroatoms. The second-order valence-electron chi connectivity index (χ2n) is 7.36. The molecule has 2 atom stereocenters. The summed E-state index contributed by atoms with van der Waals surface area (Å²) in [5.41, 5.74) is 4.28. The molecule has 2 nitrogen and oxygen atoms in total. The van der Waals surface area contributed by atoms with Gasteiger partial charge in [0.25, 0.3) is 0 Å². The van der Waals surface area contributed by atoms with Crippen molar-refractivity contribution < 1.29 is 4.74 Å². The van der Waals surface area contributed by atoms with E-state index in [1.807, 2.05) is 6.07 Å². The first-order valence-corrected chi connectivity index (χ1v) is 9.19. The lowest BCUT2D eigenvalue weighted by Crippen LogP contribution is -2.29. The van der Waals surface area contributed by atoms with Crippen LogP contribution in [0.15, 0.2) is 60.2 Å². The minimum Gasteiger partial charge on any atom is -0.497 e. The number of allylic oxidation sites excluding steroid dienone is 1. The molecular formula is C23H30ClNO. The van der Waals surface area contributed by atoms with Crippen molar-refractivity contribution in [2.75, 3.05) is 27.7 Å². The van der Waals surface area contributed by atoms with Crippen molar-refractivity contribution >= 4 is 18.5 Å². The van der Waals surface area contributed by atoms with Crippen molar-refractivity contribution in [3.8, 4) is 5.75 Å². The fourth-order valence-corrected chi connectivity index (χ4v) is 3.99. The summed E-state index contributed by atoms with van der Waals surface area (Å²) in [5.74, 6) is 2.21. The second-order valence-corrected chi connectivity index (χ2v) is 7.36. The van der Waals surface area contributed by atoms with Gasteiger partial charge in [-0.1, -0.05) is 54.1 Å². The lowest BCUT2D eigenvalue weighted by molar-refractivity contribution is 0.256. The SMILES string of the molecule is COc1cccc([C@H]2C/C(=C\c3ccccc3)CC[C@H]2CN(C)C)c1.Cl. The summed E-state index contributed by atoms with van der Waals surface area (Å²) in [6.07, 6.45) is 5.98. The van der Waals surface area contributed by atoms with Gasteiger partial charge in [-0.2, -0.15) is 0 Å². The van der Waals surface area contributed by atoms with Crippen LogP contribution in [0.4, 0.5) is 0 Å². The Morgan fingerprint density at radius 3 is 2.54 bits per heavy atom. The summed E-state index contributed by atoms with van der Waals surface area (Å²) in [7, 11) is 6.11. The molecule has 1 aliphatic rings. The smallest absolute Gasteiger partial charge is 0.119 e. The third-order valence-electron chi connectivity index (χ3n) is 5.18. The van der Waals surface area contributed by atoms with E-state index in [2.05, 4.69) is 73.6 Å². The highest BCUT2D eigenvalue weighted by Gasteiger charge is 2.29. The minimum atomic E-state index is 0. The number of rotatable bonds is 5. The Bertz CT molecular complexity index is 711. The highest BCUT2D eigenvalue weighted by atomic mass is 35.5. The Morgan fingerprint density at radius 2 is 1.85 bits per heavy atom. The van der Waals surface area contributed by atoms with Crippen LogP contribution in [0.2, 0.25) is 0 Å². The molecular weight excluding hydrogens is 342 g/mol. The third kappa shape index (κ3) is 5.36. The van der Waals surface area contributed by atoms with E-state index in [4.69, 9.17) is 4.74 Å². The topological polar surface area (TPSA) is 12.5 Å². The van der Waals surface area contributed by atoms with Gasteiger partial charge in [0, 0.05) is 6.54 Å². The van der Waals surface area contributed by atoms with Crippen LogP contribution in [0.1, 0.15) is 36.3 Å². The lowest BCUT2D eigenvalue weighted by Gasteiger charge is -2.35. The first kappa shape index (κ1) is 20.5. The molecule has 1 fully saturated rings. The van der Waals surface area contributed by atoms with Crippen LogP contribution in [0, 0.1) is 5.92 Å². The second kappa shape index (κ2) is 9.80. The molecule has 0 unspecified atom stereocenters. The molecule has 26 heavy (non-hydrogen) atoms. The van der Waals surface area contributed by atoms with Crippen molar-refractivity contribution in [1.82, 2.24) is 4.90 Å². The number of methoxy groups -OCH3 is 1. The molecule has 2 aromatic rings. The maximum atomic E-state index is 5.46. The summed E-state index contributed by atoms with van der Waals surface area (Å²) in [6, 6.07) is 19.3. The van der Waals surface area contributed by atoms with E-state index in [-0.39, 0.29) is 12.4 Å². The number of hydrogen-bond acceptors (Lipinski definition) is 2. The highest BCUT2D eigenvalue weighted by Crippen LogP contribution is 2.42. The van der Waals surface area contributed by atoms with Crippen molar-refractivity contribution in [2.24, 2.45) is 5.92 Å². The maximum absolute atomic E-state index is 5.46. The zero-order valence-corrected chi connectivity index (χ0v) is 16.8. The predicted octanol–water partition coefficient (Wildman–Crippen LogP) is 5.65. The van der Waals surface area contributed by atoms with Gasteiger partial charge in [0.2, 0.25) is 0 Å². The normalized spacial score (nSPS) is 21.5. The zero-order valence-electron chi connectivity index (χ0n) is 16.0. The van der Waals surface area contributed by atoms with Crippen LogP contribution in [-0.4, -0.2) is 32.6 Å². The Labute approximate surface area is 164 Å². The Kier molecular flexibility index (Phi) is 7.74. The molecule has 0 radical (unpaired) electrons. The molecule has 0 aromatic heterocycles. The van der Waals surface area contributed by atoms with Crippen molar-refractivity contribution in [3.05, 3.63) is 71.3 Å². The monoisotopic (exact) mass is 371 g/mol. The van der Waals surface area contributed by atoms with Gasteiger partial charge in [-0.25, -0.2) is 0 Å². The molecule has 0 heterocycles. The van der Waals surface area contributed by atoms with E-state index in [1.54, 1.807) is 12.7 Å². The van der Waals surface area contributed by atoms with E-state index >= 15 is 0 Å². The first-order chi connectivity index (χ1) is 12.2. The molecule has 0 N–H and O–H groups in total. The predicted molar refractivity (Wildman–Crippen MR) is 113 cm³/mol. The number of benzene rings is 2. The van der Waals surface area contributed by atoms with Gasteiger partial charge in [-0.05, 0) is 68.5 Å². The van der Waals surface area contributed by atoms with Gasteiger partial charge >= 0.3 is 0 Å². The van der Waals surface area contributed by atoms with Crippen LogP contribution < -0.4 is 4.74 Å². The van der Waals surface area contributed by atoms with Gasteiger partial charge in [-0.3, -0.25) is 0 Å². The molecule has 1 aliphatic carbocycles. The zero-order chi connectivity index (χ0) is 17.6. The van der Waals surface area contributed by atoms with E-state index in [0.717, 1.165) is 18.7 Å². The van der Waals surface area contributed by atoms with E-state index < -0.39 is 0 Å². The van der Waals surface area contributed by atoms with E-state index in [1.165, 1.54) is 24.0 Å². The fourth-order valence-electron chi connectivity index (χ4n) is 3.99. The van der Waals surface area contributed by atoms with Gasteiger partial charge in [-0.15, -0.1) is 12.4 Å². The van der Waals surface area contributed by atoms with Crippen molar-refractivity contribution in [2.45, 2.75) is 25.2 Å². The van der Waals surface area contributed by atoms with Gasteiger partial charge in [0.1, 0.15) is 5.75 Å². The summed E-state index contributed by atoms with van der Waals surface area (Å²) < 4.78 is 5.46. The highest BCUT2D eigenvalue weighted by molar-refractivity contribution is 5.85. The average molecular weight is 372 g/mol. The Morgan fingerprint density at radius 1 is 1.08 bits per heavy atom. The largest absolute Gasteiger partial charge is 0.497 e. The number of ether oxygens (including phenoxy) is 1. The molecule has 0 saturated heterocycles. The van der Waals surface area contributed by atoms with Crippen molar-refractivity contribution in [1.29, 1.82) is 0 Å². The fraction of sp³-hybridized carbons (Fsp3) is 0.391. The quantitative estimate of drug-likeness (QED) is 0.673. The van der Waals surface area contributed by atoms with Crippen LogP contribution in [0.3, 0.4) is 0 Å². The molecule has 0 spiro atoms. The standard InChI is InChI=1S/C23H29NO.ClH/c1-24(2)17-21-13-12-19(14-18-8-5-4-6-9-18)15-23(21)20-10-7-11-22(16-20)25-3;/h4-11,14,16,21,23H,12-13,15,17H2,1-3H3;1H/b19-14-;/t21-,23+;/m0./s1. The van der Waals surface area contributed by atoms with Crippen LogP contribution in [-0.2, 0) is 0 Å². The number of halogens is 1. The van der Waals surface area contributed by atoms with Crippen LogP contribution >= 0.6 is 12.4 Å². The summed E-state index contributed by atoms with van der Waals surface area (Å²) >= 11 is 0. The molecule has 1 saturated carbocycles. The summed E-state index contributed by atoms with van der Waals surface area (Å²) in [5, 5.41) is 0. The number of nitrogens with zero attached hydrogens (tertiary/aromatic N) is 1. The lowest BCUT2D eigenvalue weighted by atomic mass is 9.73. The summed E-state index contributed by atoms with van der Waals surface area (Å²) in [4.78, 5) is 2.32. The molecule has 2 aromatic carbocycles. The maximum Gasteiger partial charge on any atom is 0.119 e. The molecule has 0 amide bonds. The molecule has 140 valence electrons. The minimum absolute atomic E-state index is 0.